The second-order valence-electron chi connectivity index (χ2n) is 10.6. The predicted octanol–water partition coefficient (Wildman–Crippen LogP) is 5.62. The average molecular weight is 585 g/mol. The van der Waals surface area contributed by atoms with Crippen molar-refractivity contribution in [3.05, 3.63) is 102 Å². The van der Waals surface area contributed by atoms with Crippen LogP contribution in [0.4, 0.5) is 4.39 Å². The third kappa shape index (κ3) is 8.09. The molecule has 5 rings (SSSR count). The van der Waals surface area contributed by atoms with Crippen LogP contribution in [0.15, 0.2) is 79.1 Å². The van der Waals surface area contributed by atoms with Gasteiger partial charge in [0.05, 0.1) is 48.6 Å². The molecule has 0 spiro atoms. The van der Waals surface area contributed by atoms with Crippen LogP contribution >= 0.6 is 0 Å². The number of para-hydroxylation sites is 1. The Labute approximate surface area is 248 Å². The molecule has 1 fully saturated rings. The molecule has 1 aliphatic carbocycles. The molecule has 1 aliphatic rings. The molecule has 2 aromatic heterocycles. The third-order valence-corrected chi connectivity index (χ3v) is 7.14. The first-order valence-corrected chi connectivity index (χ1v) is 14.3. The van der Waals surface area contributed by atoms with Crippen LogP contribution < -0.4 is 0 Å². The van der Waals surface area contributed by atoms with Gasteiger partial charge in [0.1, 0.15) is 5.82 Å². The van der Waals surface area contributed by atoms with Gasteiger partial charge >= 0.3 is 11.9 Å². The van der Waals surface area contributed by atoms with Gasteiger partial charge < -0.3 is 19.7 Å². The molecule has 2 atom stereocenters. The smallest absolute Gasteiger partial charge is 0.339 e. The van der Waals surface area contributed by atoms with Crippen LogP contribution in [0, 0.1) is 5.82 Å². The minimum atomic E-state index is -1.12. The van der Waals surface area contributed by atoms with Gasteiger partial charge in [-0.2, -0.15) is 0 Å². The normalized spacial score (nSPS) is 14.5. The number of hydrogen-bond acceptors (Lipinski definition) is 8. The van der Waals surface area contributed by atoms with Crippen molar-refractivity contribution in [3.8, 4) is 11.1 Å². The summed E-state index contributed by atoms with van der Waals surface area (Å²) in [6, 6.07) is 17.4. The van der Waals surface area contributed by atoms with E-state index in [0.717, 1.165) is 46.1 Å². The van der Waals surface area contributed by atoms with Crippen molar-refractivity contribution in [1.82, 2.24) is 9.97 Å². The second-order valence-corrected chi connectivity index (χ2v) is 10.6. The number of pyridine rings is 2. The molecule has 2 aromatic carbocycles. The van der Waals surface area contributed by atoms with E-state index in [1.54, 1.807) is 36.5 Å². The van der Waals surface area contributed by atoms with Crippen LogP contribution in [0.1, 0.15) is 59.6 Å². The quantitative estimate of drug-likeness (QED) is 0.154. The second kappa shape index (κ2) is 14.1. The SMILES string of the molecule is O=C(C[C@H](O)C[C@H](O)/C=C/c1c(C2CC2)nc2ccccc2c1-c1ccc(F)cc1)OCCCOC(=O)c1cccnc1. The van der Waals surface area contributed by atoms with Crippen LogP contribution in [-0.4, -0.2) is 57.5 Å². The highest BCUT2D eigenvalue weighted by Crippen LogP contribution is 2.45. The van der Waals surface area contributed by atoms with Crippen molar-refractivity contribution in [1.29, 1.82) is 0 Å². The van der Waals surface area contributed by atoms with E-state index in [0.29, 0.717) is 17.9 Å². The summed E-state index contributed by atoms with van der Waals surface area (Å²) in [6.07, 6.45) is 6.20. The standard InChI is InChI=1S/C34H33FN2O6/c35-25-12-10-22(11-13-25)32-28-6-1-2-7-30(28)37-33(23-8-9-23)29(32)15-14-26(38)19-27(39)20-31(40)42-17-4-18-43-34(41)24-5-3-16-36-21-24/h1-3,5-7,10-16,21,23,26-27,38-39H,4,8-9,17-20H2/b15-14+/t26-,27-/m1/s1. The van der Waals surface area contributed by atoms with Gasteiger partial charge in [0, 0.05) is 47.7 Å². The average Bonchev–Trinajstić information content (AvgIpc) is 3.85. The Bertz CT molecular complexity index is 1590. The van der Waals surface area contributed by atoms with Gasteiger partial charge in [0.2, 0.25) is 0 Å². The third-order valence-electron chi connectivity index (χ3n) is 7.14. The number of aromatic nitrogens is 2. The molecule has 2 heterocycles. The van der Waals surface area contributed by atoms with Crippen LogP contribution in [0.3, 0.4) is 0 Å². The summed E-state index contributed by atoms with van der Waals surface area (Å²) in [6.45, 7) is 0.0961. The van der Waals surface area contributed by atoms with Crippen molar-refractivity contribution in [3.63, 3.8) is 0 Å². The lowest BCUT2D eigenvalue weighted by Crippen LogP contribution is -2.21. The minimum Gasteiger partial charge on any atom is -0.465 e. The van der Waals surface area contributed by atoms with Gasteiger partial charge in [-0.1, -0.05) is 42.5 Å². The molecule has 0 saturated heterocycles. The lowest BCUT2D eigenvalue weighted by atomic mass is 9.92. The van der Waals surface area contributed by atoms with E-state index in [9.17, 15) is 24.2 Å². The van der Waals surface area contributed by atoms with E-state index in [2.05, 4.69) is 4.98 Å². The summed E-state index contributed by atoms with van der Waals surface area (Å²) >= 11 is 0. The number of carbonyl (C=O) groups excluding carboxylic acids is 2. The molecule has 1 saturated carbocycles. The summed E-state index contributed by atoms with van der Waals surface area (Å²) in [5.74, 6) is -1.14. The maximum atomic E-state index is 13.8. The Kier molecular flexibility index (Phi) is 9.86. The fourth-order valence-electron chi connectivity index (χ4n) is 4.89. The molecule has 0 amide bonds. The number of hydrogen-bond donors (Lipinski definition) is 2. The van der Waals surface area contributed by atoms with Gasteiger partial charge in [-0.3, -0.25) is 14.8 Å². The number of nitrogens with zero attached hydrogens (tertiary/aromatic N) is 2. The van der Waals surface area contributed by atoms with E-state index in [-0.39, 0.29) is 31.9 Å². The molecule has 222 valence electrons. The zero-order chi connectivity index (χ0) is 30.2. The molecule has 0 bridgehead atoms. The molecule has 43 heavy (non-hydrogen) atoms. The molecule has 4 aromatic rings. The van der Waals surface area contributed by atoms with Crippen LogP contribution in [0.5, 0.6) is 0 Å². The lowest BCUT2D eigenvalue weighted by molar-refractivity contribution is -0.146. The van der Waals surface area contributed by atoms with Crippen LogP contribution in [-0.2, 0) is 14.3 Å². The first kappa shape index (κ1) is 30.0. The fourth-order valence-corrected chi connectivity index (χ4v) is 4.89. The molecule has 9 heteroatoms. The number of fused-ring (bicyclic) bond motifs is 1. The molecule has 2 N–H and O–H groups in total. The van der Waals surface area contributed by atoms with Gasteiger partial charge in [-0.25, -0.2) is 9.18 Å². The summed E-state index contributed by atoms with van der Waals surface area (Å²) in [5.41, 5.74) is 4.71. The van der Waals surface area contributed by atoms with E-state index in [1.807, 2.05) is 30.3 Å². The van der Waals surface area contributed by atoms with Gasteiger partial charge in [-0.05, 0) is 48.7 Å². The molecular weight excluding hydrogens is 551 g/mol. The highest BCUT2D eigenvalue weighted by Gasteiger charge is 2.29. The van der Waals surface area contributed by atoms with Gasteiger partial charge in [0.25, 0.3) is 0 Å². The highest BCUT2D eigenvalue weighted by molar-refractivity contribution is 5.99. The van der Waals surface area contributed by atoms with Gasteiger partial charge in [-0.15, -0.1) is 0 Å². The number of benzene rings is 2. The van der Waals surface area contributed by atoms with Gasteiger partial charge in [0.15, 0.2) is 0 Å². The molecular formula is C34H33FN2O6. The van der Waals surface area contributed by atoms with Crippen LogP contribution in [0.25, 0.3) is 28.1 Å². The van der Waals surface area contributed by atoms with Crippen LogP contribution in [0.2, 0.25) is 0 Å². The van der Waals surface area contributed by atoms with Crippen molar-refractivity contribution in [2.45, 2.75) is 50.2 Å². The van der Waals surface area contributed by atoms with E-state index < -0.39 is 24.1 Å². The number of carbonyl (C=O) groups is 2. The predicted molar refractivity (Wildman–Crippen MR) is 159 cm³/mol. The molecule has 8 nitrogen and oxygen atoms in total. The monoisotopic (exact) mass is 584 g/mol. The van der Waals surface area contributed by atoms with Crippen molar-refractivity contribution < 1.29 is 33.7 Å². The Morgan fingerprint density at radius 1 is 1.00 bits per heavy atom. The van der Waals surface area contributed by atoms with E-state index in [4.69, 9.17) is 14.5 Å². The Morgan fingerprint density at radius 3 is 2.51 bits per heavy atom. The molecule has 0 aliphatic heterocycles. The number of aliphatic hydroxyl groups excluding tert-OH is 2. The zero-order valence-corrected chi connectivity index (χ0v) is 23.6. The number of rotatable bonds is 13. The maximum Gasteiger partial charge on any atom is 0.339 e. The largest absolute Gasteiger partial charge is 0.465 e. The number of ether oxygens (including phenoxy) is 2. The maximum absolute atomic E-state index is 13.8. The number of aliphatic hydroxyl groups is 2. The Balaban J connectivity index is 1.18. The first-order chi connectivity index (χ1) is 20.9. The Morgan fingerprint density at radius 2 is 1.77 bits per heavy atom. The highest BCUT2D eigenvalue weighted by atomic mass is 19.1. The number of halogens is 1. The number of esters is 2. The minimum absolute atomic E-state index is 0.0272. The summed E-state index contributed by atoms with van der Waals surface area (Å²) in [5, 5.41) is 22.1. The van der Waals surface area contributed by atoms with Crippen molar-refractivity contribution in [2.24, 2.45) is 0 Å². The van der Waals surface area contributed by atoms with E-state index >= 15 is 0 Å². The molecule has 0 radical (unpaired) electrons. The van der Waals surface area contributed by atoms with E-state index in [1.165, 1.54) is 18.3 Å². The topological polar surface area (TPSA) is 119 Å². The summed E-state index contributed by atoms with van der Waals surface area (Å²) in [4.78, 5) is 32.9. The Hall–Kier alpha value is -4.47. The lowest BCUT2D eigenvalue weighted by Gasteiger charge is -2.16. The summed E-state index contributed by atoms with van der Waals surface area (Å²) < 4.78 is 24.0. The van der Waals surface area contributed by atoms with Crippen molar-refractivity contribution in [2.75, 3.05) is 13.2 Å². The molecule has 0 unspecified atom stereocenters. The summed E-state index contributed by atoms with van der Waals surface area (Å²) in [7, 11) is 0. The van der Waals surface area contributed by atoms with Crippen molar-refractivity contribution >= 4 is 28.9 Å². The zero-order valence-electron chi connectivity index (χ0n) is 23.6. The fraction of sp³-hybridized carbons (Fsp3) is 0.294. The first-order valence-electron chi connectivity index (χ1n) is 14.3.